The van der Waals surface area contributed by atoms with Crippen LogP contribution in [0.5, 0.6) is 0 Å². The summed E-state index contributed by atoms with van der Waals surface area (Å²) in [5.74, 6) is 1.65. The first-order chi connectivity index (χ1) is 7.31. The van der Waals surface area contributed by atoms with E-state index in [0.29, 0.717) is 11.9 Å². The Labute approximate surface area is 95.5 Å². The van der Waals surface area contributed by atoms with Crippen molar-refractivity contribution in [2.75, 3.05) is 17.3 Å². The smallest absolute Gasteiger partial charge is 0.151 e. The summed E-state index contributed by atoms with van der Waals surface area (Å²) < 4.78 is 0. The van der Waals surface area contributed by atoms with Crippen LogP contribution in [-0.2, 0) is 0 Å². The number of nitrogens with zero attached hydrogens (tertiary/aromatic N) is 3. The molecule has 1 aliphatic heterocycles. The predicted octanol–water partition coefficient (Wildman–Crippen LogP) is 2.38. The lowest BCUT2D eigenvalue weighted by atomic mass is 10.0. The zero-order valence-corrected chi connectivity index (χ0v) is 9.74. The van der Waals surface area contributed by atoms with Gasteiger partial charge in [0.1, 0.15) is 0 Å². The zero-order chi connectivity index (χ0) is 10.7. The van der Waals surface area contributed by atoms with Crippen molar-refractivity contribution < 1.29 is 0 Å². The summed E-state index contributed by atoms with van der Waals surface area (Å²) in [4.78, 5) is 2.29. The largest absolute Gasteiger partial charge is 0.351 e. The molecule has 2 heterocycles. The van der Waals surface area contributed by atoms with E-state index >= 15 is 0 Å². The summed E-state index contributed by atoms with van der Waals surface area (Å²) in [6.07, 6.45) is 5.44. The van der Waals surface area contributed by atoms with Crippen LogP contribution in [0.1, 0.15) is 24.8 Å². The summed E-state index contributed by atoms with van der Waals surface area (Å²) in [6, 6.07) is 2.51. The van der Waals surface area contributed by atoms with Gasteiger partial charge in [0.25, 0.3) is 0 Å². The second-order valence-corrected chi connectivity index (χ2v) is 4.40. The van der Waals surface area contributed by atoms with Gasteiger partial charge in [-0.2, -0.15) is 5.10 Å². The highest BCUT2D eigenvalue weighted by atomic mass is 35.5. The summed E-state index contributed by atoms with van der Waals surface area (Å²) in [7, 11) is 0. The number of hydrogen-bond donors (Lipinski definition) is 0. The Morgan fingerprint density at radius 1 is 1.53 bits per heavy atom. The molecule has 0 saturated carbocycles. The molecular formula is C11H16ClN3. The molecule has 1 fully saturated rings. The number of rotatable bonds is 2. The molecule has 0 aromatic carbocycles. The lowest BCUT2D eigenvalue weighted by Crippen LogP contribution is -2.41. The molecule has 1 saturated heterocycles. The second-order valence-electron chi connectivity index (χ2n) is 4.09. The van der Waals surface area contributed by atoms with E-state index in [-0.39, 0.29) is 0 Å². The number of aryl methyl sites for hydroxylation is 1. The second kappa shape index (κ2) is 4.79. The molecule has 82 valence electrons. The molecule has 15 heavy (non-hydrogen) atoms. The van der Waals surface area contributed by atoms with Crippen molar-refractivity contribution in [1.82, 2.24) is 10.2 Å². The first-order valence-corrected chi connectivity index (χ1v) is 5.96. The molecule has 0 radical (unpaired) electrons. The summed E-state index contributed by atoms with van der Waals surface area (Å²) in [5.41, 5.74) is 1.15. The van der Waals surface area contributed by atoms with Crippen molar-refractivity contribution in [2.45, 2.75) is 32.2 Å². The van der Waals surface area contributed by atoms with Gasteiger partial charge in [-0.3, -0.25) is 0 Å². The van der Waals surface area contributed by atoms with Gasteiger partial charge in [0.2, 0.25) is 0 Å². The Morgan fingerprint density at radius 3 is 3.13 bits per heavy atom. The quantitative estimate of drug-likeness (QED) is 0.724. The molecular weight excluding hydrogens is 210 g/mol. The number of hydrogen-bond acceptors (Lipinski definition) is 3. The minimum absolute atomic E-state index is 0.427. The van der Waals surface area contributed by atoms with E-state index in [9.17, 15) is 0 Å². The van der Waals surface area contributed by atoms with E-state index in [0.717, 1.165) is 17.9 Å². The van der Waals surface area contributed by atoms with E-state index in [1.54, 1.807) is 6.20 Å². The van der Waals surface area contributed by atoms with Crippen LogP contribution in [0.15, 0.2) is 12.3 Å². The van der Waals surface area contributed by atoms with Crippen LogP contribution in [0, 0.1) is 6.92 Å². The summed E-state index contributed by atoms with van der Waals surface area (Å²) >= 11 is 5.97. The molecule has 4 heteroatoms. The van der Waals surface area contributed by atoms with E-state index in [1.807, 2.05) is 6.92 Å². The van der Waals surface area contributed by atoms with E-state index in [2.05, 4.69) is 21.2 Å². The van der Waals surface area contributed by atoms with Crippen molar-refractivity contribution in [3.05, 3.63) is 17.8 Å². The van der Waals surface area contributed by atoms with E-state index in [4.69, 9.17) is 11.6 Å². The summed E-state index contributed by atoms with van der Waals surface area (Å²) in [5, 5.41) is 8.17. The number of piperidine rings is 1. The molecule has 2 rings (SSSR count). The number of alkyl halides is 1. The SMILES string of the molecule is Cc1cnnc(N2CCCCC2CCl)c1. The maximum absolute atomic E-state index is 5.97. The van der Waals surface area contributed by atoms with Gasteiger partial charge < -0.3 is 4.90 Å². The maximum Gasteiger partial charge on any atom is 0.151 e. The zero-order valence-electron chi connectivity index (χ0n) is 8.99. The van der Waals surface area contributed by atoms with Crippen LogP contribution in [0.25, 0.3) is 0 Å². The third-order valence-electron chi connectivity index (χ3n) is 2.88. The highest BCUT2D eigenvalue weighted by Gasteiger charge is 2.22. The third-order valence-corrected chi connectivity index (χ3v) is 3.23. The average Bonchev–Trinajstić information content (AvgIpc) is 2.29. The van der Waals surface area contributed by atoms with Gasteiger partial charge in [-0.05, 0) is 37.8 Å². The minimum Gasteiger partial charge on any atom is -0.351 e. The van der Waals surface area contributed by atoms with E-state index < -0.39 is 0 Å². The van der Waals surface area contributed by atoms with Gasteiger partial charge in [0, 0.05) is 18.5 Å². The highest BCUT2D eigenvalue weighted by molar-refractivity contribution is 6.18. The molecule has 0 N–H and O–H groups in total. The Bertz CT molecular complexity index is 329. The molecule has 1 aromatic rings. The normalized spacial score (nSPS) is 21.7. The fraction of sp³-hybridized carbons (Fsp3) is 0.636. The van der Waals surface area contributed by atoms with Gasteiger partial charge in [0.05, 0.1) is 6.20 Å². The van der Waals surface area contributed by atoms with Crippen LogP contribution in [0.4, 0.5) is 5.82 Å². The van der Waals surface area contributed by atoms with Crippen LogP contribution < -0.4 is 4.90 Å². The average molecular weight is 226 g/mol. The van der Waals surface area contributed by atoms with Crippen LogP contribution >= 0.6 is 11.6 Å². The van der Waals surface area contributed by atoms with Crippen LogP contribution in [0.2, 0.25) is 0 Å². The molecule has 0 bridgehead atoms. The van der Waals surface area contributed by atoms with Crippen molar-refractivity contribution in [1.29, 1.82) is 0 Å². The fourth-order valence-corrected chi connectivity index (χ4v) is 2.37. The van der Waals surface area contributed by atoms with Gasteiger partial charge in [-0.15, -0.1) is 16.7 Å². The molecule has 1 aliphatic rings. The van der Waals surface area contributed by atoms with Crippen molar-refractivity contribution >= 4 is 17.4 Å². The fourth-order valence-electron chi connectivity index (χ4n) is 2.05. The molecule has 1 atom stereocenters. The first-order valence-electron chi connectivity index (χ1n) is 5.43. The van der Waals surface area contributed by atoms with Crippen molar-refractivity contribution in [3.8, 4) is 0 Å². The number of anilines is 1. The molecule has 0 aliphatic carbocycles. The third kappa shape index (κ3) is 2.40. The molecule has 1 aromatic heterocycles. The van der Waals surface area contributed by atoms with Gasteiger partial charge >= 0.3 is 0 Å². The number of aromatic nitrogens is 2. The van der Waals surface area contributed by atoms with E-state index in [1.165, 1.54) is 19.3 Å². The first kappa shape index (κ1) is 10.7. The predicted molar refractivity (Wildman–Crippen MR) is 62.5 cm³/mol. The lowest BCUT2D eigenvalue weighted by molar-refractivity contribution is 0.483. The lowest BCUT2D eigenvalue weighted by Gasteiger charge is -2.35. The minimum atomic E-state index is 0.427. The molecule has 0 spiro atoms. The Balaban J connectivity index is 2.20. The standard InChI is InChI=1S/C11H16ClN3/c1-9-6-11(14-13-8-9)15-5-3-2-4-10(15)7-12/h6,8,10H,2-5,7H2,1H3. The topological polar surface area (TPSA) is 29.0 Å². The number of halogens is 1. The Kier molecular flexibility index (Phi) is 3.41. The molecule has 1 unspecified atom stereocenters. The maximum atomic E-state index is 5.97. The molecule has 3 nitrogen and oxygen atoms in total. The summed E-state index contributed by atoms with van der Waals surface area (Å²) in [6.45, 7) is 3.09. The Hall–Kier alpha value is -0.830. The van der Waals surface area contributed by atoms with Crippen LogP contribution in [0.3, 0.4) is 0 Å². The highest BCUT2D eigenvalue weighted by Crippen LogP contribution is 2.23. The van der Waals surface area contributed by atoms with Gasteiger partial charge in [-0.1, -0.05) is 0 Å². The molecule has 0 amide bonds. The van der Waals surface area contributed by atoms with Gasteiger partial charge in [0.15, 0.2) is 5.82 Å². The Morgan fingerprint density at radius 2 is 2.40 bits per heavy atom. The van der Waals surface area contributed by atoms with Gasteiger partial charge in [-0.25, -0.2) is 0 Å². The van der Waals surface area contributed by atoms with Crippen molar-refractivity contribution in [2.24, 2.45) is 0 Å². The van der Waals surface area contributed by atoms with Crippen molar-refractivity contribution in [3.63, 3.8) is 0 Å². The van der Waals surface area contributed by atoms with Crippen LogP contribution in [-0.4, -0.2) is 28.7 Å². The monoisotopic (exact) mass is 225 g/mol.